The van der Waals surface area contributed by atoms with E-state index in [4.69, 9.17) is 0 Å². The van der Waals surface area contributed by atoms with Crippen molar-refractivity contribution in [3.05, 3.63) is 65.2 Å². The van der Waals surface area contributed by atoms with Gasteiger partial charge in [0.25, 0.3) is 0 Å². The Morgan fingerprint density at radius 2 is 1.85 bits per heavy atom. The van der Waals surface area contributed by atoms with Crippen LogP contribution in [0.5, 0.6) is 0 Å². The molecule has 136 valence electrons. The van der Waals surface area contributed by atoms with E-state index in [2.05, 4.69) is 11.4 Å². The Morgan fingerprint density at radius 3 is 2.58 bits per heavy atom. The van der Waals surface area contributed by atoms with E-state index in [1.807, 2.05) is 61.2 Å². The highest BCUT2D eigenvalue weighted by molar-refractivity contribution is 5.91. The largest absolute Gasteiger partial charge is 0.338 e. The third kappa shape index (κ3) is 4.51. The van der Waals surface area contributed by atoms with Gasteiger partial charge in [0.1, 0.15) is 0 Å². The monoisotopic (exact) mass is 350 g/mol. The molecule has 1 heterocycles. The first kappa shape index (κ1) is 18.2. The number of nitrogens with one attached hydrogen (secondary N) is 1. The molecule has 4 nitrogen and oxygen atoms in total. The number of benzene rings is 2. The van der Waals surface area contributed by atoms with Gasteiger partial charge in [-0.25, -0.2) is 0 Å². The smallest absolute Gasteiger partial charge is 0.225 e. The maximum atomic E-state index is 12.2. The Balaban J connectivity index is 1.61. The average Bonchev–Trinajstić information content (AvgIpc) is 2.66. The number of aryl methyl sites for hydroxylation is 1. The van der Waals surface area contributed by atoms with Gasteiger partial charge in [-0.05, 0) is 41.7 Å². The number of nitrogens with zero attached hydrogens (tertiary/aromatic N) is 1. The Kier molecular flexibility index (Phi) is 5.71. The standard InChI is InChI=1S/C22H26N2O2/c1-16(2)22(26)24-13-12-18-9-10-20(14-19(18)15-24)23-21(25)11-8-17-6-4-3-5-7-17/h3-7,9-10,14,16H,8,11-13,15H2,1-2H3,(H,23,25). The molecule has 0 saturated carbocycles. The minimum absolute atomic E-state index is 0.0115. The molecule has 1 N–H and O–H groups in total. The van der Waals surface area contributed by atoms with Gasteiger partial charge < -0.3 is 10.2 Å². The summed E-state index contributed by atoms with van der Waals surface area (Å²) >= 11 is 0. The van der Waals surface area contributed by atoms with Crippen molar-refractivity contribution in [1.82, 2.24) is 4.90 Å². The summed E-state index contributed by atoms with van der Waals surface area (Å²) < 4.78 is 0. The van der Waals surface area contributed by atoms with Gasteiger partial charge in [-0.15, -0.1) is 0 Å². The number of hydrogen-bond donors (Lipinski definition) is 1. The van der Waals surface area contributed by atoms with E-state index in [-0.39, 0.29) is 17.7 Å². The molecule has 0 radical (unpaired) electrons. The highest BCUT2D eigenvalue weighted by Crippen LogP contribution is 2.24. The summed E-state index contributed by atoms with van der Waals surface area (Å²) in [5, 5.41) is 2.99. The number of carbonyl (C=O) groups excluding carboxylic acids is 2. The molecule has 4 heteroatoms. The molecule has 0 bridgehead atoms. The van der Waals surface area contributed by atoms with E-state index in [1.165, 1.54) is 5.56 Å². The van der Waals surface area contributed by atoms with E-state index in [0.717, 1.165) is 36.2 Å². The predicted molar refractivity (Wildman–Crippen MR) is 104 cm³/mol. The van der Waals surface area contributed by atoms with Gasteiger partial charge >= 0.3 is 0 Å². The van der Waals surface area contributed by atoms with Gasteiger partial charge in [0.05, 0.1) is 0 Å². The van der Waals surface area contributed by atoms with E-state index >= 15 is 0 Å². The van der Waals surface area contributed by atoms with Crippen molar-refractivity contribution in [1.29, 1.82) is 0 Å². The van der Waals surface area contributed by atoms with Crippen molar-refractivity contribution in [3.8, 4) is 0 Å². The Morgan fingerprint density at radius 1 is 1.08 bits per heavy atom. The molecule has 0 spiro atoms. The van der Waals surface area contributed by atoms with Crippen LogP contribution in [0.15, 0.2) is 48.5 Å². The van der Waals surface area contributed by atoms with Gasteiger partial charge in [-0.1, -0.05) is 50.2 Å². The van der Waals surface area contributed by atoms with Crippen LogP contribution in [0.3, 0.4) is 0 Å². The molecule has 1 aliphatic rings. The number of rotatable bonds is 5. The van der Waals surface area contributed by atoms with Crippen molar-refractivity contribution < 1.29 is 9.59 Å². The van der Waals surface area contributed by atoms with Crippen molar-refractivity contribution in [3.63, 3.8) is 0 Å². The van der Waals surface area contributed by atoms with Crippen LogP contribution in [0.25, 0.3) is 0 Å². The number of hydrogen-bond acceptors (Lipinski definition) is 2. The van der Waals surface area contributed by atoms with Crippen LogP contribution in [-0.2, 0) is 29.0 Å². The zero-order valence-corrected chi connectivity index (χ0v) is 15.5. The molecule has 2 amide bonds. The third-order valence-corrected chi connectivity index (χ3v) is 4.79. The number of amides is 2. The summed E-state index contributed by atoms with van der Waals surface area (Å²) in [6.45, 7) is 5.26. The van der Waals surface area contributed by atoms with E-state index in [9.17, 15) is 9.59 Å². The van der Waals surface area contributed by atoms with Crippen molar-refractivity contribution in [2.45, 2.75) is 39.7 Å². The van der Waals surface area contributed by atoms with Crippen LogP contribution < -0.4 is 5.32 Å². The first-order valence-corrected chi connectivity index (χ1v) is 9.27. The van der Waals surface area contributed by atoms with E-state index < -0.39 is 0 Å². The normalized spacial score (nSPS) is 13.4. The fourth-order valence-electron chi connectivity index (χ4n) is 3.31. The second-order valence-electron chi connectivity index (χ2n) is 7.18. The molecule has 0 aliphatic carbocycles. The Labute approximate surface area is 155 Å². The molecule has 3 rings (SSSR count). The molecule has 2 aromatic rings. The summed E-state index contributed by atoms with van der Waals surface area (Å²) in [6.07, 6.45) is 2.06. The molecule has 0 atom stereocenters. The van der Waals surface area contributed by atoms with Gasteiger partial charge in [-0.3, -0.25) is 9.59 Å². The maximum absolute atomic E-state index is 12.2. The van der Waals surface area contributed by atoms with Gasteiger partial charge in [-0.2, -0.15) is 0 Å². The maximum Gasteiger partial charge on any atom is 0.225 e. The quantitative estimate of drug-likeness (QED) is 0.892. The lowest BCUT2D eigenvalue weighted by molar-refractivity contribution is -0.135. The molecule has 1 aliphatic heterocycles. The van der Waals surface area contributed by atoms with Gasteiger partial charge in [0.15, 0.2) is 0 Å². The van der Waals surface area contributed by atoms with Crippen molar-refractivity contribution >= 4 is 17.5 Å². The van der Waals surface area contributed by atoms with Gasteiger partial charge in [0.2, 0.25) is 11.8 Å². The van der Waals surface area contributed by atoms with E-state index in [0.29, 0.717) is 13.0 Å². The minimum atomic E-state index is 0.0115. The molecule has 0 unspecified atom stereocenters. The lowest BCUT2D eigenvalue weighted by atomic mass is 9.98. The summed E-state index contributed by atoms with van der Waals surface area (Å²) in [6, 6.07) is 16.1. The zero-order chi connectivity index (χ0) is 18.5. The predicted octanol–water partition coefficient (Wildman–Crippen LogP) is 3.80. The van der Waals surface area contributed by atoms with Crippen LogP contribution >= 0.6 is 0 Å². The van der Waals surface area contributed by atoms with Crippen LogP contribution in [0.2, 0.25) is 0 Å². The zero-order valence-electron chi connectivity index (χ0n) is 15.5. The lowest BCUT2D eigenvalue weighted by Crippen LogP contribution is -2.38. The SMILES string of the molecule is CC(C)C(=O)N1CCc2ccc(NC(=O)CCc3ccccc3)cc2C1. The molecular formula is C22H26N2O2. The summed E-state index contributed by atoms with van der Waals surface area (Å²) in [5.41, 5.74) is 4.36. The topological polar surface area (TPSA) is 49.4 Å². The molecule has 0 fully saturated rings. The number of fused-ring (bicyclic) bond motifs is 1. The van der Waals surface area contributed by atoms with Crippen LogP contribution in [0.4, 0.5) is 5.69 Å². The van der Waals surface area contributed by atoms with E-state index in [1.54, 1.807) is 0 Å². The number of carbonyl (C=O) groups is 2. The average molecular weight is 350 g/mol. The van der Waals surface area contributed by atoms with Crippen LogP contribution in [-0.4, -0.2) is 23.3 Å². The van der Waals surface area contributed by atoms with Crippen molar-refractivity contribution in [2.75, 3.05) is 11.9 Å². The first-order chi connectivity index (χ1) is 12.5. The van der Waals surface area contributed by atoms with Crippen molar-refractivity contribution in [2.24, 2.45) is 5.92 Å². The lowest BCUT2D eigenvalue weighted by Gasteiger charge is -2.30. The second-order valence-corrected chi connectivity index (χ2v) is 7.18. The summed E-state index contributed by atoms with van der Waals surface area (Å²) in [4.78, 5) is 26.4. The fourth-order valence-corrected chi connectivity index (χ4v) is 3.31. The second kappa shape index (κ2) is 8.17. The highest BCUT2D eigenvalue weighted by Gasteiger charge is 2.22. The summed E-state index contributed by atoms with van der Waals surface area (Å²) in [5.74, 6) is 0.213. The molecule has 0 saturated heterocycles. The number of anilines is 1. The third-order valence-electron chi connectivity index (χ3n) is 4.79. The highest BCUT2D eigenvalue weighted by atomic mass is 16.2. The van der Waals surface area contributed by atoms with Gasteiger partial charge in [0, 0.05) is 31.1 Å². The minimum Gasteiger partial charge on any atom is -0.338 e. The first-order valence-electron chi connectivity index (χ1n) is 9.27. The van der Waals surface area contributed by atoms with Crippen LogP contribution in [0.1, 0.15) is 37.0 Å². The molecule has 2 aromatic carbocycles. The summed E-state index contributed by atoms with van der Waals surface area (Å²) in [7, 11) is 0. The molecular weight excluding hydrogens is 324 g/mol. The Bertz CT molecular complexity index is 784. The Hall–Kier alpha value is -2.62. The molecule has 26 heavy (non-hydrogen) atoms. The molecule has 0 aromatic heterocycles. The fraction of sp³-hybridized carbons (Fsp3) is 0.364. The van der Waals surface area contributed by atoms with Crippen LogP contribution in [0, 0.1) is 5.92 Å².